The van der Waals surface area contributed by atoms with E-state index < -0.39 is 17.8 Å². The second kappa shape index (κ2) is 7.54. The molecular weight excluding hydrogens is 405 g/mol. The quantitative estimate of drug-likeness (QED) is 0.466. The summed E-state index contributed by atoms with van der Waals surface area (Å²) in [6.07, 6.45) is -4.67. The lowest BCUT2D eigenvalue weighted by Crippen LogP contribution is -2.16. The molecule has 0 aliphatic heterocycles. The summed E-state index contributed by atoms with van der Waals surface area (Å²) in [5.74, 6) is -0.611. The van der Waals surface area contributed by atoms with Crippen molar-refractivity contribution in [3.8, 4) is 11.3 Å². The van der Waals surface area contributed by atoms with Gasteiger partial charge in [0.25, 0.3) is 5.91 Å². The Morgan fingerprint density at radius 2 is 1.55 bits per heavy atom. The minimum Gasteiger partial charge on any atom is -0.321 e. The van der Waals surface area contributed by atoms with E-state index in [-0.39, 0.29) is 17.0 Å². The first kappa shape index (κ1) is 20.6. The molecule has 4 rings (SSSR count). The van der Waals surface area contributed by atoms with Crippen LogP contribution in [0.5, 0.6) is 0 Å². The molecule has 0 radical (unpaired) electrons. The predicted octanol–water partition coefficient (Wildman–Crippen LogP) is 5.59. The van der Waals surface area contributed by atoms with E-state index in [2.05, 4.69) is 15.4 Å². The second-order valence-electron chi connectivity index (χ2n) is 7.52. The van der Waals surface area contributed by atoms with E-state index in [0.29, 0.717) is 15.8 Å². The van der Waals surface area contributed by atoms with Crippen LogP contribution < -0.4 is 5.32 Å². The van der Waals surface area contributed by atoms with Crippen molar-refractivity contribution < 1.29 is 18.0 Å². The van der Waals surface area contributed by atoms with Gasteiger partial charge in [0.1, 0.15) is 0 Å². The van der Waals surface area contributed by atoms with E-state index in [0.717, 1.165) is 22.8 Å². The number of nitrogens with zero attached hydrogens (tertiary/aromatic N) is 3. The number of halogens is 3. The van der Waals surface area contributed by atoms with Crippen LogP contribution in [0.25, 0.3) is 16.9 Å². The topological polar surface area (TPSA) is 59.3 Å². The standard InChI is InChI=1S/C23H19F3N4O/c1-13-4-6-16(7-5-13)18-11-20(23(24,25)26)30-21(28-18)12-19(29-30)22(31)27-17-9-14(2)8-15(3)10-17/h4-12H,1-3H3,(H,27,31). The van der Waals surface area contributed by atoms with E-state index in [1.54, 1.807) is 36.4 Å². The Hall–Kier alpha value is -3.68. The normalized spacial score (nSPS) is 11.7. The number of hydrogen-bond acceptors (Lipinski definition) is 3. The minimum absolute atomic E-state index is 0.0593. The number of anilines is 1. The molecule has 2 aromatic heterocycles. The molecule has 0 saturated heterocycles. The van der Waals surface area contributed by atoms with Crippen molar-refractivity contribution in [2.75, 3.05) is 5.32 Å². The summed E-state index contributed by atoms with van der Waals surface area (Å²) >= 11 is 0. The Morgan fingerprint density at radius 3 is 2.16 bits per heavy atom. The highest BCUT2D eigenvalue weighted by molar-refractivity contribution is 6.03. The van der Waals surface area contributed by atoms with Crippen LogP contribution in [0.2, 0.25) is 0 Å². The van der Waals surface area contributed by atoms with Crippen molar-refractivity contribution in [1.29, 1.82) is 0 Å². The van der Waals surface area contributed by atoms with Gasteiger partial charge >= 0.3 is 6.18 Å². The Bertz CT molecular complexity index is 1270. The third kappa shape index (κ3) is 4.28. The zero-order valence-corrected chi connectivity index (χ0v) is 17.1. The van der Waals surface area contributed by atoms with Crippen LogP contribution in [0.4, 0.5) is 18.9 Å². The molecule has 1 N–H and O–H groups in total. The predicted molar refractivity (Wildman–Crippen MR) is 112 cm³/mol. The van der Waals surface area contributed by atoms with Crippen molar-refractivity contribution in [1.82, 2.24) is 14.6 Å². The Morgan fingerprint density at radius 1 is 0.903 bits per heavy atom. The minimum atomic E-state index is -4.67. The van der Waals surface area contributed by atoms with Crippen LogP contribution in [0.1, 0.15) is 32.9 Å². The Labute approximate surface area is 176 Å². The molecule has 8 heteroatoms. The number of aryl methyl sites for hydroxylation is 3. The Kier molecular flexibility index (Phi) is 5.00. The molecular formula is C23H19F3N4O. The maximum atomic E-state index is 13.7. The number of rotatable bonds is 3. The maximum Gasteiger partial charge on any atom is 0.433 e. The molecule has 5 nitrogen and oxygen atoms in total. The summed E-state index contributed by atoms with van der Waals surface area (Å²) in [5.41, 5.74) is 2.91. The van der Waals surface area contributed by atoms with Crippen molar-refractivity contribution in [3.05, 3.63) is 82.7 Å². The monoisotopic (exact) mass is 424 g/mol. The van der Waals surface area contributed by atoms with Crippen molar-refractivity contribution in [2.45, 2.75) is 26.9 Å². The molecule has 4 aromatic rings. The molecule has 0 fully saturated rings. The SMILES string of the molecule is Cc1ccc(-c2cc(C(F)(F)F)n3nc(C(=O)Nc4cc(C)cc(C)c4)cc3n2)cc1. The third-order valence-corrected chi connectivity index (χ3v) is 4.78. The fraction of sp³-hybridized carbons (Fsp3) is 0.174. The second-order valence-corrected chi connectivity index (χ2v) is 7.52. The first-order chi connectivity index (χ1) is 14.6. The fourth-order valence-electron chi connectivity index (χ4n) is 3.40. The highest BCUT2D eigenvalue weighted by Gasteiger charge is 2.35. The van der Waals surface area contributed by atoms with Gasteiger partial charge in [-0.15, -0.1) is 0 Å². The van der Waals surface area contributed by atoms with Crippen LogP contribution in [-0.4, -0.2) is 20.5 Å². The van der Waals surface area contributed by atoms with E-state index in [9.17, 15) is 18.0 Å². The van der Waals surface area contributed by atoms with Crippen LogP contribution in [0.3, 0.4) is 0 Å². The van der Waals surface area contributed by atoms with Gasteiger partial charge in [0.2, 0.25) is 0 Å². The molecule has 0 saturated carbocycles. The summed E-state index contributed by atoms with van der Waals surface area (Å²) in [6, 6.07) is 14.7. The van der Waals surface area contributed by atoms with Gasteiger partial charge in [0.05, 0.1) is 5.69 Å². The van der Waals surface area contributed by atoms with E-state index in [1.807, 2.05) is 26.8 Å². The first-order valence-electron chi connectivity index (χ1n) is 9.55. The molecule has 31 heavy (non-hydrogen) atoms. The van der Waals surface area contributed by atoms with Crippen LogP contribution in [-0.2, 0) is 6.18 Å². The van der Waals surface area contributed by atoms with Gasteiger partial charge in [-0.3, -0.25) is 4.79 Å². The number of hydrogen-bond donors (Lipinski definition) is 1. The van der Waals surface area contributed by atoms with E-state index in [4.69, 9.17) is 0 Å². The zero-order valence-electron chi connectivity index (χ0n) is 17.1. The molecule has 2 aromatic carbocycles. The van der Waals surface area contributed by atoms with Crippen molar-refractivity contribution in [3.63, 3.8) is 0 Å². The maximum absolute atomic E-state index is 13.7. The lowest BCUT2D eigenvalue weighted by Gasteiger charge is -2.11. The smallest absolute Gasteiger partial charge is 0.321 e. The fourth-order valence-corrected chi connectivity index (χ4v) is 3.40. The van der Waals surface area contributed by atoms with Crippen LogP contribution >= 0.6 is 0 Å². The molecule has 0 atom stereocenters. The number of amides is 1. The third-order valence-electron chi connectivity index (χ3n) is 4.78. The number of carbonyl (C=O) groups excluding carboxylic acids is 1. The molecule has 158 valence electrons. The number of nitrogens with one attached hydrogen (secondary N) is 1. The van der Waals surface area contributed by atoms with Crippen LogP contribution in [0.15, 0.2) is 54.6 Å². The summed E-state index contributed by atoms with van der Waals surface area (Å²) in [6.45, 7) is 5.67. The van der Waals surface area contributed by atoms with Crippen LogP contribution in [0, 0.1) is 20.8 Å². The number of benzene rings is 2. The van der Waals surface area contributed by atoms with Gasteiger partial charge in [0.15, 0.2) is 17.0 Å². The van der Waals surface area contributed by atoms with Gasteiger partial charge in [-0.05, 0) is 50.1 Å². The first-order valence-corrected chi connectivity index (χ1v) is 9.55. The number of fused-ring (bicyclic) bond motifs is 1. The largest absolute Gasteiger partial charge is 0.433 e. The van der Waals surface area contributed by atoms with E-state index in [1.165, 1.54) is 6.07 Å². The average molecular weight is 424 g/mol. The summed E-state index contributed by atoms with van der Waals surface area (Å²) < 4.78 is 41.9. The van der Waals surface area contributed by atoms with Gasteiger partial charge < -0.3 is 5.32 Å². The van der Waals surface area contributed by atoms with Crippen molar-refractivity contribution in [2.24, 2.45) is 0 Å². The lowest BCUT2D eigenvalue weighted by atomic mass is 10.1. The average Bonchev–Trinajstić information content (AvgIpc) is 3.10. The van der Waals surface area contributed by atoms with Crippen molar-refractivity contribution >= 4 is 17.2 Å². The molecule has 0 spiro atoms. The zero-order chi connectivity index (χ0) is 22.3. The molecule has 0 aliphatic rings. The van der Waals surface area contributed by atoms with E-state index >= 15 is 0 Å². The number of aromatic nitrogens is 3. The number of alkyl halides is 3. The lowest BCUT2D eigenvalue weighted by molar-refractivity contribution is -0.142. The summed E-state index contributed by atoms with van der Waals surface area (Å²) in [7, 11) is 0. The van der Waals surface area contributed by atoms with Gasteiger partial charge in [0, 0.05) is 17.3 Å². The summed E-state index contributed by atoms with van der Waals surface area (Å²) in [5, 5.41) is 6.58. The van der Waals surface area contributed by atoms with Gasteiger partial charge in [-0.2, -0.15) is 18.3 Å². The molecule has 0 bridgehead atoms. The molecule has 0 aliphatic carbocycles. The van der Waals surface area contributed by atoms with Gasteiger partial charge in [-0.25, -0.2) is 9.50 Å². The highest BCUT2D eigenvalue weighted by atomic mass is 19.4. The van der Waals surface area contributed by atoms with Gasteiger partial charge in [-0.1, -0.05) is 35.9 Å². The highest BCUT2D eigenvalue weighted by Crippen LogP contribution is 2.32. The molecule has 1 amide bonds. The molecule has 0 unspecified atom stereocenters. The number of carbonyl (C=O) groups is 1. The molecule has 2 heterocycles. The Balaban J connectivity index is 1.78. The summed E-state index contributed by atoms with van der Waals surface area (Å²) in [4.78, 5) is 17.0.